The fourth-order valence-corrected chi connectivity index (χ4v) is 10.7. The molecule has 0 aliphatic heterocycles. The molecule has 0 N–H and O–H groups in total. The normalized spacial score (nSPS) is 18.1. The van der Waals surface area contributed by atoms with Crippen LogP contribution in [0.15, 0.2) is 238 Å². The van der Waals surface area contributed by atoms with Crippen LogP contribution in [0.4, 0.5) is 0 Å². The molecule has 0 nitrogen and oxygen atoms in total. The first kappa shape index (κ1) is 32.6. The maximum atomic E-state index is 2.37. The van der Waals surface area contributed by atoms with Crippen molar-refractivity contribution in [3.8, 4) is 22.3 Å². The maximum absolute atomic E-state index is 2.37. The second-order valence-corrected chi connectivity index (χ2v) is 16.7. The highest BCUT2D eigenvalue weighted by Gasteiger charge is 2.40. The second-order valence-electron chi connectivity index (χ2n) is 15.6. The van der Waals surface area contributed by atoms with Gasteiger partial charge in [-0.25, -0.2) is 0 Å². The van der Waals surface area contributed by atoms with Crippen LogP contribution >= 0.6 is 11.8 Å². The van der Waals surface area contributed by atoms with Crippen molar-refractivity contribution in [2.75, 3.05) is 0 Å². The first-order chi connectivity index (χ1) is 28.2. The van der Waals surface area contributed by atoms with E-state index in [1.807, 2.05) is 11.8 Å². The van der Waals surface area contributed by atoms with Gasteiger partial charge < -0.3 is 0 Å². The molecule has 1 heteroatoms. The Labute approximate surface area is 337 Å². The third-order valence-corrected chi connectivity index (χ3v) is 13.6. The minimum atomic E-state index is 0.335. The summed E-state index contributed by atoms with van der Waals surface area (Å²) < 4.78 is 0. The number of benzene rings is 8. The molecule has 4 aliphatic carbocycles. The summed E-state index contributed by atoms with van der Waals surface area (Å²) in [6.07, 6.45) is 18.8. The number of hydrogen-bond acceptors (Lipinski definition) is 1. The van der Waals surface area contributed by atoms with Crippen LogP contribution in [0.3, 0.4) is 0 Å². The van der Waals surface area contributed by atoms with Gasteiger partial charge in [0, 0.05) is 21.6 Å². The van der Waals surface area contributed by atoms with Gasteiger partial charge in [-0.2, -0.15) is 0 Å². The highest BCUT2D eigenvalue weighted by Crippen LogP contribution is 2.54. The van der Waals surface area contributed by atoms with Crippen molar-refractivity contribution in [3.05, 3.63) is 240 Å². The molecule has 0 fully saturated rings. The lowest BCUT2D eigenvalue weighted by molar-refractivity contribution is 0.569. The summed E-state index contributed by atoms with van der Waals surface area (Å²) in [4.78, 5) is 2.48. The van der Waals surface area contributed by atoms with Crippen molar-refractivity contribution in [2.45, 2.75) is 9.79 Å². The van der Waals surface area contributed by atoms with Gasteiger partial charge in [-0.1, -0.05) is 194 Å². The van der Waals surface area contributed by atoms with Gasteiger partial charge in [0.05, 0.1) is 0 Å². The lowest BCUT2D eigenvalue weighted by atomic mass is 9.61. The standard InChI is InChI=1S/C56H36S/c1-3-7-35(8-4-1)45-27-15-39-21-33-51-47(29-17-41-19-31-49(45)53(39)55(41)51)37-11-23-43(24-12-37)57-44-25-13-38(14-26-44)48-30-18-42-20-32-50-46(36-9-5-2-6-10-36)28-16-40-22-34-52(48)56(42)54(40)50/h1-34,53,55H. The summed E-state index contributed by atoms with van der Waals surface area (Å²) in [5.74, 6) is 0.679. The number of allylic oxidation sites excluding steroid dienone is 14. The van der Waals surface area contributed by atoms with E-state index in [4.69, 9.17) is 0 Å². The van der Waals surface area contributed by atoms with Crippen molar-refractivity contribution >= 4 is 55.2 Å². The molecule has 8 aromatic rings. The monoisotopic (exact) mass is 740 g/mol. The molecule has 0 heterocycles. The highest BCUT2D eigenvalue weighted by atomic mass is 32.2. The fourth-order valence-electron chi connectivity index (χ4n) is 9.88. The molecule has 0 spiro atoms. The molecule has 12 rings (SSSR count). The molecule has 0 radical (unpaired) electrons. The fraction of sp³-hybridized carbons (Fsp3) is 0.0357. The molecule has 0 saturated heterocycles. The molecule has 8 aromatic carbocycles. The molecule has 2 atom stereocenters. The lowest BCUT2D eigenvalue weighted by Gasteiger charge is -2.42. The molecular weight excluding hydrogens is 705 g/mol. The largest absolute Gasteiger partial charge is 0.0901 e. The van der Waals surface area contributed by atoms with Crippen LogP contribution in [0.25, 0.3) is 65.7 Å². The van der Waals surface area contributed by atoms with Crippen LogP contribution in [0.1, 0.15) is 11.1 Å². The summed E-state index contributed by atoms with van der Waals surface area (Å²) in [6, 6.07) is 58.3. The number of rotatable bonds is 6. The van der Waals surface area contributed by atoms with Crippen LogP contribution in [-0.2, 0) is 0 Å². The van der Waals surface area contributed by atoms with E-state index >= 15 is 0 Å². The lowest BCUT2D eigenvalue weighted by Crippen LogP contribution is -2.30. The van der Waals surface area contributed by atoms with Gasteiger partial charge >= 0.3 is 0 Å². The quantitative estimate of drug-likeness (QED) is 0.153. The van der Waals surface area contributed by atoms with E-state index in [-0.39, 0.29) is 0 Å². The predicted octanol–water partition coefficient (Wildman–Crippen LogP) is 15.1. The maximum Gasteiger partial charge on any atom is 0.0205 e. The summed E-state index contributed by atoms with van der Waals surface area (Å²) in [5.41, 5.74) is 15.9. The zero-order chi connectivity index (χ0) is 37.5. The molecule has 0 bridgehead atoms. The van der Waals surface area contributed by atoms with Crippen LogP contribution in [-0.4, -0.2) is 0 Å². The Morgan fingerprint density at radius 3 is 1.54 bits per heavy atom. The van der Waals surface area contributed by atoms with Gasteiger partial charge in [0.25, 0.3) is 0 Å². The Morgan fingerprint density at radius 2 is 0.895 bits per heavy atom. The zero-order valence-electron chi connectivity index (χ0n) is 31.2. The van der Waals surface area contributed by atoms with E-state index < -0.39 is 0 Å². The SMILES string of the molecule is C1=CC2=C(c3ccccc3)C=CC3=CC=C4C(c5ccc(Sc6ccc(-c7ccc8ccc9c(-c%10ccccc%10)ccc%10ccc7c8c%109)cc6)cc5)=CC=C1C4C32. The van der Waals surface area contributed by atoms with Crippen LogP contribution in [0, 0.1) is 11.8 Å². The second kappa shape index (κ2) is 12.9. The van der Waals surface area contributed by atoms with Crippen molar-refractivity contribution in [1.29, 1.82) is 0 Å². The van der Waals surface area contributed by atoms with E-state index in [1.54, 1.807) is 0 Å². The van der Waals surface area contributed by atoms with E-state index in [9.17, 15) is 0 Å². The molecule has 0 aromatic heterocycles. The Kier molecular flexibility index (Phi) is 7.40. The first-order valence-corrected chi connectivity index (χ1v) is 20.7. The van der Waals surface area contributed by atoms with Crippen molar-refractivity contribution < 1.29 is 0 Å². The Hall–Kier alpha value is -6.67. The van der Waals surface area contributed by atoms with Crippen molar-refractivity contribution in [3.63, 3.8) is 0 Å². The van der Waals surface area contributed by atoms with Gasteiger partial charge in [0.2, 0.25) is 0 Å². The molecule has 0 amide bonds. The Bertz CT molecular complexity index is 3150. The highest BCUT2D eigenvalue weighted by molar-refractivity contribution is 7.99. The van der Waals surface area contributed by atoms with Gasteiger partial charge in [0.15, 0.2) is 0 Å². The van der Waals surface area contributed by atoms with E-state index in [2.05, 4.69) is 206 Å². The first-order valence-electron chi connectivity index (χ1n) is 19.9. The topological polar surface area (TPSA) is 0 Å². The summed E-state index contributed by atoms with van der Waals surface area (Å²) >= 11 is 1.82. The molecular formula is C56H36S. The van der Waals surface area contributed by atoms with Gasteiger partial charge in [-0.3, -0.25) is 0 Å². The van der Waals surface area contributed by atoms with Crippen molar-refractivity contribution in [2.24, 2.45) is 11.8 Å². The smallest absolute Gasteiger partial charge is 0.0205 e. The van der Waals surface area contributed by atoms with Gasteiger partial charge in [0.1, 0.15) is 0 Å². The molecule has 2 unspecified atom stereocenters. The third-order valence-electron chi connectivity index (χ3n) is 12.5. The summed E-state index contributed by atoms with van der Waals surface area (Å²) in [6.45, 7) is 0. The van der Waals surface area contributed by atoms with Crippen molar-refractivity contribution in [1.82, 2.24) is 0 Å². The minimum Gasteiger partial charge on any atom is -0.0901 e. The van der Waals surface area contributed by atoms with E-state index in [0.717, 1.165) is 0 Å². The summed E-state index contributed by atoms with van der Waals surface area (Å²) in [7, 11) is 0. The van der Waals surface area contributed by atoms with Crippen LogP contribution < -0.4 is 0 Å². The average molecular weight is 741 g/mol. The molecule has 57 heavy (non-hydrogen) atoms. The molecule has 4 aliphatic rings. The van der Waals surface area contributed by atoms with Gasteiger partial charge in [-0.15, -0.1) is 0 Å². The Balaban J connectivity index is 0.822. The summed E-state index contributed by atoms with van der Waals surface area (Å²) in [5, 5.41) is 7.89. The van der Waals surface area contributed by atoms with Crippen LogP contribution in [0.2, 0.25) is 0 Å². The zero-order valence-corrected chi connectivity index (χ0v) is 32.0. The molecule has 0 saturated carbocycles. The van der Waals surface area contributed by atoms with E-state index in [0.29, 0.717) is 11.8 Å². The van der Waals surface area contributed by atoms with Gasteiger partial charge in [-0.05, 0) is 123 Å². The minimum absolute atomic E-state index is 0.335. The van der Waals surface area contributed by atoms with Crippen LogP contribution in [0.5, 0.6) is 0 Å². The van der Waals surface area contributed by atoms with E-state index in [1.165, 1.54) is 109 Å². The third kappa shape index (κ3) is 5.23. The predicted molar refractivity (Wildman–Crippen MR) is 242 cm³/mol. The molecule has 266 valence electrons. The Morgan fingerprint density at radius 1 is 0.368 bits per heavy atom. The number of hydrogen-bond donors (Lipinski definition) is 0. The average Bonchev–Trinajstić information content (AvgIpc) is 3.28.